The Kier molecular flexibility index (Phi) is 6.99. The van der Waals surface area contributed by atoms with Crippen LogP contribution >= 0.6 is 23.2 Å². The number of hydrogen-bond acceptors (Lipinski definition) is 2. The molecule has 1 aliphatic rings. The third-order valence-corrected chi connectivity index (χ3v) is 6.13. The van der Waals surface area contributed by atoms with Crippen molar-refractivity contribution in [1.82, 2.24) is 5.32 Å². The van der Waals surface area contributed by atoms with Crippen LogP contribution in [0, 0.1) is 0 Å². The Hall–Kier alpha value is -1.06. The Morgan fingerprint density at radius 1 is 1.08 bits per heavy atom. The summed E-state index contributed by atoms with van der Waals surface area (Å²) in [6.45, 7) is 3.08. The van der Waals surface area contributed by atoms with E-state index < -0.39 is 0 Å². The van der Waals surface area contributed by atoms with Crippen molar-refractivity contribution < 1.29 is 0 Å². The number of hydrogen-bond donors (Lipinski definition) is 2. The molecule has 2 aromatic rings. The second kappa shape index (κ2) is 9.23. The second-order valence-electron chi connectivity index (χ2n) is 7.30. The third-order valence-electron chi connectivity index (χ3n) is 5.39. The van der Waals surface area contributed by atoms with Gasteiger partial charge in [-0.25, -0.2) is 0 Å². The van der Waals surface area contributed by atoms with E-state index >= 15 is 0 Å². The first kappa shape index (κ1) is 19.7. The number of unbranched alkanes of at least 4 members (excludes halogenated alkanes) is 1. The van der Waals surface area contributed by atoms with E-state index in [4.69, 9.17) is 28.9 Å². The topological polar surface area (TPSA) is 38.0 Å². The zero-order chi connectivity index (χ0) is 18.5. The van der Waals surface area contributed by atoms with Gasteiger partial charge in [-0.15, -0.1) is 0 Å². The highest BCUT2D eigenvalue weighted by atomic mass is 35.5. The first-order chi connectivity index (χ1) is 12.6. The van der Waals surface area contributed by atoms with Crippen molar-refractivity contribution in [3.05, 3.63) is 69.2 Å². The molecule has 4 heteroatoms. The Morgan fingerprint density at radius 3 is 2.58 bits per heavy atom. The van der Waals surface area contributed by atoms with E-state index in [1.54, 1.807) is 0 Å². The van der Waals surface area contributed by atoms with Crippen LogP contribution in [0.4, 0.5) is 0 Å². The average molecular weight is 391 g/mol. The lowest BCUT2D eigenvalue weighted by molar-refractivity contribution is 0.414. The monoisotopic (exact) mass is 390 g/mol. The molecule has 0 aliphatic heterocycles. The molecule has 3 atom stereocenters. The van der Waals surface area contributed by atoms with Gasteiger partial charge < -0.3 is 11.1 Å². The molecule has 0 amide bonds. The molecular weight excluding hydrogens is 363 g/mol. The summed E-state index contributed by atoms with van der Waals surface area (Å²) in [6.07, 6.45) is 5.68. The Morgan fingerprint density at radius 2 is 1.85 bits per heavy atom. The molecule has 1 aliphatic carbocycles. The van der Waals surface area contributed by atoms with Crippen molar-refractivity contribution >= 4 is 23.2 Å². The maximum absolute atomic E-state index is 6.26. The molecule has 1 unspecified atom stereocenters. The molecule has 0 saturated carbocycles. The Bertz CT molecular complexity index is 732. The predicted octanol–water partition coefficient (Wildman–Crippen LogP) is 6.07. The summed E-state index contributed by atoms with van der Waals surface area (Å²) >= 11 is 12.4. The van der Waals surface area contributed by atoms with Gasteiger partial charge in [0.1, 0.15) is 0 Å². The zero-order valence-corrected chi connectivity index (χ0v) is 16.9. The average Bonchev–Trinajstić information content (AvgIpc) is 2.66. The van der Waals surface area contributed by atoms with Crippen LogP contribution in [0.1, 0.15) is 67.7 Å². The summed E-state index contributed by atoms with van der Waals surface area (Å²) in [7, 11) is 0. The lowest BCUT2D eigenvalue weighted by atomic mass is 9.76. The van der Waals surface area contributed by atoms with Gasteiger partial charge in [0.05, 0.1) is 10.0 Å². The molecular formula is C22H28Cl2N2. The van der Waals surface area contributed by atoms with Crippen molar-refractivity contribution in [3.8, 4) is 0 Å². The van der Waals surface area contributed by atoms with Crippen LogP contribution in [0.25, 0.3) is 0 Å². The van der Waals surface area contributed by atoms with E-state index in [0.717, 1.165) is 25.8 Å². The number of halogens is 2. The van der Waals surface area contributed by atoms with Crippen LogP contribution in [0.3, 0.4) is 0 Å². The summed E-state index contributed by atoms with van der Waals surface area (Å²) in [5.41, 5.74) is 10.3. The highest BCUT2D eigenvalue weighted by Gasteiger charge is 2.28. The van der Waals surface area contributed by atoms with E-state index in [0.29, 0.717) is 22.0 Å². The molecule has 0 spiro atoms. The number of nitrogens with one attached hydrogen (secondary N) is 1. The lowest BCUT2D eigenvalue weighted by Crippen LogP contribution is -2.37. The van der Waals surface area contributed by atoms with Crippen LogP contribution in [0.2, 0.25) is 10.0 Å². The minimum atomic E-state index is 0.231. The number of nitrogens with two attached hydrogens (primary N) is 1. The number of rotatable bonds is 7. The summed E-state index contributed by atoms with van der Waals surface area (Å²) in [4.78, 5) is 0. The van der Waals surface area contributed by atoms with E-state index in [1.807, 2.05) is 12.1 Å². The van der Waals surface area contributed by atoms with E-state index in [-0.39, 0.29) is 6.04 Å². The van der Waals surface area contributed by atoms with E-state index in [9.17, 15) is 0 Å². The molecule has 3 N–H and O–H groups in total. The minimum Gasteiger partial charge on any atom is -0.327 e. The van der Waals surface area contributed by atoms with Gasteiger partial charge in [-0.3, -0.25) is 0 Å². The largest absolute Gasteiger partial charge is 0.327 e. The quantitative estimate of drug-likeness (QED) is 0.601. The highest BCUT2D eigenvalue weighted by molar-refractivity contribution is 6.42. The van der Waals surface area contributed by atoms with Gasteiger partial charge in [-0.05, 0) is 48.1 Å². The van der Waals surface area contributed by atoms with Crippen LogP contribution in [-0.2, 0) is 0 Å². The highest BCUT2D eigenvalue weighted by Crippen LogP contribution is 2.42. The molecule has 2 aromatic carbocycles. The predicted molar refractivity (Wildman–Crippen MR) is 112 cm³/mol. The van der Waals surface area contributed by atoms with Crippen LogP contribution in [0.5, 0.6) is 0 Å². The first-order valence-corrected chi connectivity index (χ1v) is 10.4. The summed E-state index contributed by atoms with van der Waals surface area (Å²) < 4.78 is 0. The van der Waals surface area contributed by atoms with Crippen molar-refractivity contribution in [1.29, 1.82) is 0 Å². The summed E-state index contributed by atoms with van der Waals surface area (Å²) in [5, 5.41) is 4.95. The maximum Gasteiger partial charge on any atom is 0.0595 e. The molecule has 0 saturated heterocycles. The van der Waals surface area contributed by atoms with Gasteiger partial charge in [0.25, 0.3) is 0 Å². The van der Waals surface area contributed by atoms with Crippen molar-refractivity contribution in [2.75, 3.05) is 6.54 Å². The molecule has 2 nitrogen and oxygen atoms in total. The van der Waals surface area contributed by atoms with Gasteiger partial charge >= 0.3 is 0 Å². The lowest BCUT2D eigenvalue weighted by Gasteiger charge is -2.33. The third kappa shape index (κ3) is 4.61. The molecule has 140 valence electrons. The van der Waals surface area contributed by atoms with Crippen LogP contribution in [-0.4, -0.2) is 12.6 Å². The molecule has 0 bridgehead atoms. The van der Waals surface area contributed by atoms with Crippen molar-refractivity contribution in [2.45, 2.75) is 57.0 Å². The fourth-order valence-electron chi connectivity index (χ4n) is 3.94. The SMILES string of the molecule is CCCCC(N)CN[C@H]1CC[C@@H](c2ccc(Cl)c(Cl)c2)c2ccccc21. The number of fused-ring (bicyclic) bond motifs is 1. The van der Waals surface area contributed by atoms with E-state index in [1.165, 1.54) is 29.5 Å². The van der Waals surface area contributed by atoms with Gasteiger partial charge in [-0.2, -0.15) is 0 Å². The smallest absolute Gasteiger partial charge is 0.0595 e. The minimum absolute atomic E-state index is 0.231. The number of benzene rings is 2. The first-order valence-electron chi connectivity index (χ1n) is 9.63. The van der Waals surface area contributed by atoms with Crippen molar-refractivity contribution in [3.63, 3.8) is 0 Å². The van der Waals surface area contributed by atoms with Crippen molar-refractivity contribution in [2.24, 2.45) is 5.73 Å². The normalized spacial score (nSPS) is 20.6. The molecule has 0 aromatic heterocycles. The molecule has 0 radical (unpaired) electrons. The van der Waals surface area contributed by atoms with Gasteiger partial charge in [0, 0.05) is 24.5 Å². The maximum atomic E-state index is 6.26. The molecule has 0 heterocycles. The fourth-order valence-corrected chi connectivity index (χ4v) is 4.25. The van der Waals surface area contributed by atoms with Gasteiger partial charge in [0.15, 0.2) is 0 Å². The summed E-state index contributed by atoms with van der Waals surface area (Å²) in [6, 6.07) is 15.4. The Labute approximate surface area is 167 Å². The van der Waals surface area contributed by atoms with Gasteiger partial charge in [0.2, 0.25) is 0 Å². The zero-order valence-electron chi connectivity index (χ0n) is 15.3. The fraction of sp³-hybridized carbons (Fsp3) is 0.455. The Balaban J connectivity index is 1.76. The second-order valence-corrected chi connectivity index (χ2v) is 8.11. The molecule has 26 heavy (non-hydrogen) atoms. The standard InChI is InChI=1S/C22H28Cl2N2/c1-2-3-6-16(25)14-26-22-12-10-17(18-7-4-5-8-19(18)22)15-9-11-20(23)21(24)13-15/h4-5,7-9,11,13,16-17,22,26H,2-3,6,10,12,14,25H2,1H3/t16?,17-,22-/m0/s1. The van der Waals surface area contributed by atoms with Crippen LogP contribution in [0.15, 0.2) is 42.5 Å². The summed E-state index contributed by atoms with van der Waals surface area (Å²) in [5.74, 6) is 0.368. The van der Waals surface area contributed by atoms with E-state index in [2.05, 4.69) is 42.6 Å². The van der Waals surface area contributed by atoms with Crippen LogP contribution < -0.4 is 11.1 Å². The van der Waals surface area contributed by atoms with Gasteiger partial charge in [-0.1, -0.05) is 73.3 Å². The molecule has 0 fully saturated rings. The molecule has 3 rings (SSSR count).